The van der Waals surface area contributed by atoms with E-state index < -0.39 is 64.1 Å². The van der Waals surface area contributed by atoms with Crippen LogP contribution in [0.5, 0.6) is 5.75 Å². The van der Waals surface area contributed by atoms with Gasteiger partial charge in [-0.15, -0.1) is 11.3 Å². The number of nitrogens with one attached hydrogen (secondary N) is 2. The summed E-state index contributed by atoms with van der Waals surface area (Å²) in [4.78, 5) is 70.0. The molecule has 2 saturated heterocycles. The number of anilines is 3. The van der Waals surface area contributed by atoms with E-state index >= 15 is 0 Å². The topological polar surface area (TPSA) is 180 Å². The highest BCUT2D eigenvalue weighted by Gasteiger charge is 2.55. The van der Waals surface area contributed by atoms with Crippen LogP contribution in [0.15, 0.2) is 78.2 Å². The number of nitriles is 1. The fraction of sp³-hybridized carbons (Fsp3) is 0.391. The maximum absolute atomic E-state index is 14.1. The van der Waals surface area contributed by atoms with Crippen LogP contribution in [0.25, 0.3) is 0 Å². The number of nitrogens with zero attached hydrogens (tertiary/aromatic N) is 4. The number of amides is 5. The van der Waals surface area contributed by atoms with E-state index in [1.54, 1.807) is 44.2 Å². The van der Waals surface area contributed by atoms with Crippen molar-refractivity contribution in [3.63, 3.8) is 0 Å². The molecule has 65 heavy (non-hydrogen) atoms. The summed E-state index contributed by atoms with van der Waals surface area (Å²) < 4.78 is 64.7. The van der Waals surface area contributed by atoms with Gasteiger partial charge in [0.25, 0.3) is 23.6 Å². The number of alkyl halides is 3. The van der Waals surface area contributed by atoms with Crippen LogP contribution in [-0.4, -0.2) is 98.3 Å². The first-order valence-corrected chi connectivity index (χ1v) is 21.8. The Morgan fingerprint density at radius 2 is 1.54 bits per heavy atom. The largest absolute Gasteiger partial charge is 0.494 e. The Morgan fingerprint density at radius 1 is 0.846 bits per heavy atom. The minimum Gasteiger partial charge on any atom is -0.494 e. The lowest BCUT2D eigenvalue weighted by molar-refractivity contribution is -0.141. The van der Waals surface area contributed by atoms with Crippen LogP contribution in [-0.2, 0) is 34.8 Å². The molecule has 0 radical (unpaired) electrons. The van der Waals surface area contributed by atoms with Gasteiger partial charge in [0.15, 0.2) is 0 Å². The molecule has 2 unspecified atom stereocenters. The second-order valence-corrected chi connectivity index (χ2v) is 17.1. The zero-order valence-electron chi connectivity index (χ0n) is 35.9. The monoisotopic (exact) mass is 916 g/mol. The summed E-state index contributed by atoms with van der Waals surface area (Å²) in [6.45, 7) is 7.73. The van der Waals surface area contributed by atoms with E-state index in [4.69, 9.17) is 18.9 Å². The Bertz CT molecular complexity index is 2480. The van der Waals surface area contributed by atoms with Crippen molar-refractivity contribution in [2.75, 3.05) is 67.9 Å². The molecule has 3 aliphatic rings. The summed E-state index contributed by atoms with van der Waals surface area (Å²) in [5, 5.41) is 16.5. The third-order valence-electron chi connectivity index (χ3n) is 11.5. The van der Waals surface area contributed by atoms with Gasteiger partial charge in [-0.1, -0.05) is 12.1 Å². The van der Waals surface area contributed by atoms with E-state index in [9.17, 15) is 42.4 Å². The number of halogens is 3. The molecule has 2 fully saturated rings. The first-order valence-electron chi connectivity index (χ1n) is 20.9. The van der Waals surface area contributed by atoms with E-state index in [1.807, 2.05) is 34.5 Å². The molecule has 15 nitrogen and oxygen atoms in total. The highest BCUT2D eigenvalue weighted by molar-refractivity contribution is 7.10. The van der Waals surface area contributed by atoms with Crippen LogP contribution >= 0.6 is 11.3 Å². The molecular weight excluding hydrogens is 870 g/mol. The van der Waals surface area contributed by atoms with E-state index in [2.05, 4.69) is 10.6 Å². The molecule has 19 heteroatoms. The number of imide groups is 2. The summed E-state index contributed by atoms with van der Waals surface area (Å²) >= 11 is 1.38. The molecule has 0 aliphatic carbocycles. The highest BCUT2D eigenvalue weighted by atomic mass is 32.1. The van der Waals surface area contributed by atoms with Gasteiger partial charge in [-0.3, -0.25) is 39.1 Å². The molecule has 0 spiro atoms. The Labute approximate surface area is 377 Å². The quantitative estimate of drug-likeness (QED) is 0.0753. The van der Waals surface area contributed by atoms with Crippen molar-refractivity contribution in [1.29, 1.82) is 5.26 Å². The van der Waals surface area contributed by atoms with E-state index in [0.29, 0.717) is 76.3 Å². The predicted octanol–water partition coefficient (Wildman–Crippen LogP) is 6.69. The van der Waals surface area contributed by atoms with Gasteiger partial charge in [0, 0.05) is 47.9 Å². The number of carbonyl (C=O) groups excluding carboxylic acids is 5. The van der Waals surface area contributed by atoms with Gasteiger partial charge in [0.05, 0.1) is 68.0 Å². The second kappa shape index (κ2) is 19.4. The second-order valence-electron chi connectivity index (χ2n) is 16.1. The number of thiophene rings is 1. The van der Waals surface area contributed by atoms with Gasteiger partial charge >= 0.3 is 6.18 Å². The normalized spacial score (nSPS) is 19.4. The third-order valence-corrected chi connectivity index (χ3v) is 12.4. The summed E-state index contributed by atoms with van der Waals surface area (Å²) in [5.41, 5.74) is -2.77. The number of hydrogen-bond acceptors (Lipinski definition) is 13. The Kier molecular flexibility index (Phi) is 13.9. The highest BCUT2D eigenvalue weighted by Crippen LogP contribution is 2.48. The first-order chi connectivity index (χ1) is 31.1. The van der Waals surface area contributed by atoms with E-state index in [0.717, 1.165) is 21.9 Å². The van der Waals surface area contributed by atoms with E-state index in [1.165, 1.54) is 35.3 Å². The van der Waals surface area contributed by atoms with Crippen molar-refractivity contribution < 1.29 is 56.1 Å². The first kappa shape index (κ1) is 46.7. The lowest BCUT2D eigenvalue weighted by Crippen LogP contribution is -2.62. The minimum absolute atomic E-state index is 0.0198. The molecule has 3 aliphatic heterocycles. The number of carbonyl (C=O) groups is 5. The molecule has 342 valence electrons. The van der Waals surface area contributed by atoms with Crippen LogP contribution in [0.4, 0.5) is 30.2 Å². The van der Waals surface area contributed by atoms with Crippen molar-refractivity contribution in [3.8, 4) is 11.8 Å². The Hall–Kier alpha value is -6.33. The summed E-state index contributed by atoms with van der Waals surface area (Å²) in [7, 11) is 0. The molecule has 4 heterocycles. The molecule has 2 atom stereocenters. The van der Waals surface area contributed by atoms with E-state index in [-0.39, 0.29) is 29.7 Å². The van der Waals surface area contributed by atoms with Gasteiger partial charge in [-0.25, -0.2) is 0 Å². The predicted molar refractivity (Wildman–Crippen MR) is 232 cm³/mol. The van der Waals surface area contributed by atoms with Crippen molar-refractivity contribution in [3.05, 3.63) is 105 Å². The van der Waals surface area contributed by atoms with Gasteiger partial charge < -0.3 is 29.2 Å². The van der Waals surface area contributed by atoms with Gasteiger partial charge in [0.2, 0.25) is 5.91 Å². The van der Waals surface area contributed by atoms with Gasteiger partial charge in [-0.05, 0) is 93.2 Å². The molecule has 2 N–H and O–H groups in total. The van der Waals surface area contributed by atoms with Crippen molar-refractivity contribution >= 4 is 57.9 Å². The lowest BCUT2D eigenvalue weighted by Gasteiger charge is -2.38. The molecule has 7 rings (SSSR count). The number of piperidine rings is 1. The standard InChI is InChI=1S/C46H47F3N6O9S/c1-44(2)43(60)53(31-11-10-29(28-50)34(27-31)46(47,48)49)39(36-9-5-26-65-36)54(44)30-12-14-32(15-13-30)64-20-6-19-61-22-24-63-25-23-62-21-18-51-35-8-4-7-33-38(35)41(58)55(40(33)57)45(3)17-16-37(56)52-42(45)59/h4-5,7-15,26-27,39,51H,6,16-25H2,1-3H3,(H,52,56,59). The SMILES string of the molecule is CC1(C)C(=O)N(c2ccc(C#N)c(C(F)(F)F)c2)C(c2cccs2)N1c1ccc(OCCCOCCOCCOCCNc2cccc3c2C(=O)N(C2(C)CCC(=O)NC2=O)C3=O)cc1. The number of ether oxygens (including phenoxy) is 4. The molecule has 0 saturated carbocycles. The average Bonchev–Trinajstić information content (AvgIpc) is 3.96. The minimum atomic E-state index is -4.79. The molecular formula is C46H47F3N6O9S. The smallest absolute Gasteiger partial charge is 0.417 e. The maximum Gasteiger partial charge on any atom is 0.417 e. The van der Waals surface area contributed by atoms with Crippen LogP contribution in [0, 0.1) is 11.3 Å². The fourth-order valence-corrected chi connectivity index (χ4v) is 8.91. The average molecular weight is 917 g/mol. The number of hydrogen-bond donors (Lipinski definition) is 2. The zero-order valence-corrected chi connectivity index (χ0v) is 36.7. The van der Waals surface area contributed by atoms with Crippen LogP contribution in [0.1, 0.15) is 82.9 Å². The van der Waals surface area contributed by atoms with Crippen LogP contribution < -0.4 is 25.2 Å². The molecule has 4 aromatic rings. The lowest BCUT2D eigenvalue weighted by atomic mass is 9.89. The van der Waals surface area contributed by atoms with Crippen molar-refractivity contribution in [2.24, 2.45) is 0 Å². The van der Waals surface area contributed by atoms with Gasteiger partial charge in [0.1, 0.15) is 23.0 Å². The van der Waals surface area contributed by atoms with Gasteiger partial charge in [-0.2, -0.15) is 18.4 Å². The fourth-order valence-electron chi connectivity index (χ4n) is 8.10. The summed E-state index contributed by atoms with van der Waals surface area (Å²) in [5.74, 6) is -2.12. The number of rotatable bonds is 19. The Balaban J connectivity index is 0.802. The molecule has 5 amide bonds. The number of benzene rings is 3. The zero-order chi connectivity index (χ0) is 46.5. The summed E-state index contributed by atoms with van der Waals surface area (Å²) in [6, 6.07) is 20.6. The van der Waals surface area contributed by atoms with Crippen molar-refractivity contribution in [1.82, 2.24) is 10.2 Å². The van der Waals surface area contributed by atoms with Crippen molar-refractivity contribution in [2.45, 2.75) is 63.5 Å². The summed E-state index contributed by atoms with van der Waals surface area (Å²) in [6.07, 6.45) is -4.88. The van der Waals surface area contributed by atoms with Crippen LogP contribution in [0.3, 0.4) is 0 Å². The molecule has 3 aromatic carbocycles. The molecule has 0 bridgehead atoms. The van der Waals surface area contributed by atoms with Crippen LogP contribution in [0.2, 0.25) is 0 Å². The number of fused-ring (bicyclic) bond motifs is 1. The molecule has 1 aromatic heterocycles. The third kappa shape index (κ3) is 9.57. The maximum atomic E-state index is 14.1. The Morgan fingerprint density at radius 3 is 2.20 bits per heavy atom.